The van der Waals surface area contributed by atoms with Crippen molar-refractivity contribution in [1.29, 1.82) is 0 Å². The number of oxime groups is 1. The molecule has 1 N–H and O–H groups in total. The highest BCUT2D eigenvalue weighted by Gasteiger charge is 2.30. The Morgan fingerprint density at radius 2 is 2.20 bits per heavy atom. The summed E-state index contributed by atoms with van der Waals surface area (Å²) >= 11 is 0. The highest BCUT2D eigenvalue weighted by atomic mass is 16.5. The third-order valence-corrected chi connectivity index (χ3v) is 2.96. The summed E-state index contributed by atoms with van der Waals surface area (Å²) in [7, 11) is 0. The lowest BCUT2D eigenvalue weighted by atomic mass is 9.73. The summed E-state index contributed by atoms with van der Waals surface area (Å²) in [5, 5.41) is 12.3. The molecule has 15 heavy (non-hydrogen) atoms. The largest absolute Gasteiger partial charge is 0.492 e. The van der Waals surface area contributed by atoms with E-state index in [4.69, 9.17) is 9.94 Å². The van der Waals surface area contributed by atoms with Crippen LogP contribution >= 0.6 is 0 Å². The van der Waals surface area contributed by atoms with Gasteiger partial charge in [-0.1, -0.05) is 25.9 Å². The molecule has 0 heterocycles. The van der Waals surface area contributed by atoms with Crippen molar-refractivity contribution in [2.24, 2.45) is 16.5 Å². The fourth-order valence-corrected chi connectivity index (χ4v) is 1.83. The van der Waals surface area contributed by atoms with Crippen molar-refractivity contribution in [3.8, 4) is 0 Å². The van der Waals surface area contributed by atoms with Gasteiger partial charge in [-0.3, -0.25) is 0 Å². The predicted octanol–water partition coefficient (Wildman–Crippen LogP) is 3.19. The van der Waals surface area contributed by atoms with Crippen molar-refractivity contribution in [3.63, 3.8) is 0 Å². The van der Waals surface area contributed by atoms with E-state index in [-0.39, 0.29) is 5.41 Å². The summed E-state index contributed by atoms with van der Waals surface area (Å²) in [6.45, 7) is 9.20. The first kappa shape index (κ1) is 12.1. The average molecular weight is 211 g/mol. The van der Waals surface area contributed by atoms with Gasteiger partial charge in [-0.2, -0.15) is 0 Å². The van der Waals surface area contributed by atoms with E-state index in [9.17, 15) is 0 Å². The first-order valence-corrected chi connectivity index (χ1v) is 5.53. The van der Waals surface area contributed by atoms with E-state index < -0.39 is 0 Å². The maximum Gasteiger partial charge on any atom is 0.140 e. The van der Waals surface area contributed by atoms with E-state index in [0.717, 1.165) is 18.6 Å². The summed E-state index contributed by atoms with van der Waals surface area (Å²) in [5.74, 6) is 1.27. The van der Waals surface area contributed by atoms with Gasteiger partial charge < -0.3 is 9.94 Å². The van der Waals surface area contributed by atoms with Crippen molar-refractivity contribution < 1.29 is 9.94 Å². The molecule has 1 atom stereocenters. The number of hydrogen-bond acceptors (Lipinski definition) is 3. The Morgan fingerprint density at radius 3 is 2.67 bits per heavy atom. The first-order valence-electron chi connectivity index (χ1n) is 5.53. The van der Waals surface area contributed by atoms with Gasteiger partial charge in [0.25, 0.3) is 0 Å². The molecule has 3 nitrogen and oxygen atoms in total. The molecular formula is C12H21NO2. The van der Waals surface area contributed by atoms with Gasteiger partial charge in [0.05, 0.1) is 6.61 Å². The van der Waals surface area contributed by atoms with Crippen LogP contribution in [-0.4, -0.2) is 17.5 Å². The minimum absolute atomic E-state index is 0.240. The van der Waals surface area contributed by atoms with Crippen molar-refractivity contribution in [2.75, 3.05) is 6.61 Å². The van der Waals surface area contributed by atoms with Crippen LogP contribution in [0.5, 0.6) is 0 Å². The Hall–Kier alpha value is -0.990. The van der Waals surface area contributed by atoms with E-state index in [0.29, 0.717) is 18.2 Å². The van der Waals surface area contributed by atoms with Crippen LogP contribution in [0.3, 0.4) is 0 Å². The van der Waals surface area contributed by atoms with Gasteiger partial charge in [-0.05, 0) is 30.8 Å². The standard InChI is InChI=1S/C12H21NO2/c1-5-15-11-7-6-9(12(2,3)4)8-10(11)13-14/h7,9,14H,5-6,8H2,1-4H3/b13-10-. The van der Waals surface area contributed by atoms with Crippen LogP contribution in [0.4, 0.5) is 0 Å². The van der Waals surface area contributed by atoms with Crippen molar-refractivity contribution in [1.82, 2.24) is 0 Å². The third kappa shape index (κ3) is 2.98. The van der Waals surface area contributed by atoms with E-state index in [2.05, 4.69) is 25.9 Å². The number of nitrogens with zero attached hydrogens (tertiary/aromatic N) is 1. The summed E-state index contributed by atoms with van der Waals surface area (Å²) in [4.78, 5) is 0. The minimum atomic E-state index is 0.240. The second-order valence-corrected chi connectivity index (χ2v) is 5.05. The van der Waals surface area contributed by atoms with E-state index in [1.165, 1.54) is 0 Å². The molecule has 0 aromatic heterocycles. The topological polar surface area (TPSA) is 41.8 Å². The van der Waals surface area contributed by atoms with Crippen LogP contribution in [-0.2, 0) is 4.74 Å². The molecule has 0 bridgehead atoms. The van der Waals surface area contributed by atoms with Gasteiger partial charge >= 0.3 is 0 Å². The Labute approximate surface area is 91.8 Å². The van der Waals surface area contributed by atoms with Crippen LogP contribution in [0.15, 0.2) is 17.0 Å². The molecule has 0 aromatic rings. The fourth-order valence-electron chi connectivity index (χ4n) is 1.83. The average Bonchev–Trinajstić information content (AvgIpc) is 2.17. The number of allylic oxidation sites excluding steroid dienone is 2. The van der Waals surface area contributed by atoms with Crippen LogP contribution in [0.25, 0.3) is 0 Å². The minimum Gasteiger partial charge on any atom is -0.492 e. The van der Waals surface area contributed by atoms with Crippen LogP contribution in [0.1, 0.15) is 40.5 Å². The van der Waals surface area contributed by atoms with Gasteiger partial charge in [0, 0.05) is 6.42 Å². The second kappa shape index (κ2) is 4.69. The van der Waals surface area contributed by atoms with E-state index in [1.807, 2.05) is 13.0 Å². The van der Waals surface area contributed by atoms with Gasteiger partial charge in [0.1, 0.15) is 11.5 Å². The van der Waals surface area contributed by atoms with E-state index >= 15 is 0 Å². The molecule has 0 fully saturated rings. The molecule has 0 saturated heterocycles. The van der Waals surface area contributed by atoms with Crippen LogP contribution < -0.4 is 0 Å². The molecule has 1 unspecified atom stereocenters. The summed E-state index contributed by atoms with van der Waals surface area (Å²) in [5.41, 5.74) is 0.924. The Bertz CT molecular complexity index is 274. The van der Waals surface area contributed by atoms with Crippen LogP contribution in [0, 0.1) is 11.3 Å². The third-order valence-electron chi connectivity index (χ3n) is 2.96. The number of hydrogen-bond donors (Lipinski definition) is 1. The zero-order valence-electron chi connectivity index (χ0n) is 10.1. The predicted molar refractivity (Wildman–Crippen MR) is 61.1 cm³/mol. The molecule has 0 aliphatic heterocycles. The molecule has 3 heteroatoms. The van der Waals surface area contributed by atoms with Crippen molar-refractivity contribution in [3.05, 3.63) is 11.8 Å². The maximum atomic E-state index is 8.94. The Kier molecular flexibility index (Phi) is 3.77. The Balaban J connectivity index is 2.79. The summed E-state index contributed by atoms with van der Waals surface area (Å²) in [6, 6.07) is 0. The molecule has 1 aliphatic rings. The zero-order valence-corrected chi connectivity index (χ0v) is 10.1. The second-order valence-electron chi connectivity index (χ2n) is 5.05. The maximum absolute atomic E-state index is 8.94. The van der Waals surface area contributed by atoms with E-state index in [1.54, 1.807) is 0 Å². The molecule has 1 rings (SSSR count). The summed E-state index contributed by atoms with van der Waals surface area (Å²) < 4.78 is 5.42. The lowest BCUT2D eigenvalue weighted by Crippen LogP contribution is -2.27. The zero-order chi connectivity index (χ0) is 11.5. The van der Waals surface area contributed by atoms with Gasteiger partial charge in [0.2, 0.25) is 0 Å². The molecule has 0 saturated carbocycles. The lowest BCUT2D eigenvalue weighted by Gasteiger charge is -2.33. The highest BCUT2D eigenvalue weighted by molar-refractivity contribution is 5.98. The van der Waals surface area contributed by atoms with Crippen molar-refractivity contribution >= 4 is 5.71 Å². The Morgan fingerprint density at radius 1 is 1.53 bits per heavy atom. The lowest BCUT2D eigenvalue weighted by molar-refractivity contribution is 0.209. The fraction of sp³-hybridized carbons (Fsp3) is 0.750. The number of ether oxygens (including phenoxy) is 1. The molecule has 0 radical (unpaired) electrons. The smallest absolute Gasteiger partial charge is 0.140 e. The number of rotatable bonds is 2. The van der Waals surface area contributed by atoms with Gasteiger partial charge in [-0.25, -0.2) is 0 Å². The monoisotopic (exact) mass is 211 g/mol. The quantitative estimate of drug-likeness (QED) is 0.563. The molecular weight excluding hydrogens is 190 g/mol. The molecule has 0 aromatic carbocycles. The van der Waals surface area contributed by atoms with Crippen LogP contribution in [0.2, 0.25) is 0 Å². The first-order chi connectivity index (χ1) is 6.99. The SMILES string of the molecule is CCOC1=CCC(C(C)(C)C)C/C1=N/O. The molecule has 86 valence electrons. The molecule has 0 amide bonds. The highest BCUT2D eigenvalue weighted by Crippen LogP contribution is 2.36. The molecule has 1 aliphatic carbocycles. The van der Waals surface area contributed by atoms with Gasteiger partial charge in [0.15, 0.2) is 0 Å². The molecule has 0 spiro atoms. The normalized spacial score (nSPS) is 25.2. The van der Waals surface area contributed by atoms with Gasteiger partial charge in [-0.15, -0.1) is 0 Å². The summed E-state index contributed by atoms with van der Waals surface area (Å²) in [6.07, 6.45) is 3.83. The van der Waals surface area contributed by atoms with Crippen molar-refractivity contribution in [2.45, 2.75) is 40.5 Å².